The summed E-state index contributed by atoms with van der Waals surface area (Å²) in [6.07, 6.45) is 7.50. The number of pyridine rings is 1. The molecule has 2 aromatic carbocycles. The predicted molar refractivity (Wildman–Crippen MR) is 277 cm³/mol. The first kappa shape index (κ1) is 58.1. The van der Waals surface area contributed by atoms with Gasteiger partial charge in [-0.05, 0) is 112 Å². The summed E-state index contributed by atoms with van der Waals surface area (Å²) in [4.78, 5) is 68.5. The molecule has 0 bridgehead atoms. The fourth-order valence-corrected chi connectivity index (χ4v) is 9.26. The van der Waals surface area contributed by atoms with E-state index in [1.54, 1.807) is 23.2 Å². The Morgan fingerprint density at radius 1 is 1.03 bits per heavy atom. The monoisotopic (exact) mass is 963 g/mol. The molecule has 2 aromatic heterocycles. The molecular weight excluding hydrogens is 885 g/mol. The van der Waals surface area contributed by atoms with Crippen molar-refractivity contribution in [3.8, 4) is 29.0 Å². The Hall–Kier alpha value is -6.21. The molecule has 2 aliphatic rings. The third kappa shape index (κ3) is 15.1. The molecule has 0 spiro atoms. The van der Waals surface area contributed by atoms with Gasteiger partial charge in [0.25, 0.3) is 12.4 Å². The van der Waals surface area contributed by atoms with Crippen molar-refractivity contribution in [3.05, 3.63) is 90.3 Å². The molecule has 0 saturated carbocycles. The molecule has 4 atom stereocenters. The number of fused-ring (bicyclic) bond motifs is 1. The zero-order valence-electron chi connectivity index (χ0n) is 43.5. The van der Waals surface area contributed by atoms with Crippen LogP contribution in [0.4, 0.5) is 0 Å². The first-order valence-electron chi connectivity index (χ1n) is 24.5. The number of ether oxygens (including phenoxy) is 2. The number of methoxy groups -OCH3 is 1. The highest BCUT2D eigenvalue weighted by atomic mass is 16.5. The number of aryl methyl sites for hydroxylation is 1. The Morgan fingerprint density at radius 2 is 1.74 bits per heavy atom. The van der Waals surface area contributed by atoms with Crippen molar-refractivity contribution < 1.29 is 33.4 Å². The highest BCUT2D eigenvalue weighted by Crippen LogP contribution is 2.42. The highest BCUT2D eigenvalue weighted by Gasteiger charge is 2.33. The second kappa shape index (κ2) is 28.5. The van der Waals surface area contributed by atoms with E-state index in [2.05, 4.69) is 85.6 Å². The van der Waals surface area contributed by atoms with E-state index in [0.29, 0.717) is 38.9 Å². The van der Waals surface area contributed by atoms with Crippen molar-refractivity contribution in [2.24, 2.45) is 17.3 Å². The summed E-state index contributed by atoms with van der Waals surface area (Å²) in [7, 11) is 5.49. The minimum atomic E-state index is -0.733. The third-order valence-corrected chi connectivity index (χ3v) is 12.6. The zero-order valence-corrected chi connectivity index (χ0v) is 43.5. The first-order chi connectivity index (χ1) is 33.6. The molecule has 380 valence electrons. The van der Waals surface area contributed by atoms with Gasteiger partial charge >= 0.3 is 0 Å². The lowest BCUT2D eigenvalue weighted by Crippen LogP contribution is -2.58. The molecule has 4 unspecified atom stereocenters. The third-order valence-electron chi connectivity index (χ3n) is 12.6. The standard InChI is InChI=1S/C44H60N6O5.C8H11NO2.C2H6.CHN/c1-10-49-38-19-18-33(25-35(38)36(26-44(5,6)27-55-28-51)41(49)34-17-14-20-45-39(34)30(4)54-9)32-16-13-15-31(23-32)24-37(43(53)50-22-12-11-21-46-50)47-42(52)40(29(2)3)48(7)8;1-2-8(11)9-4-3-7(5-9)6-10;2*1-2/h13-20,23,25,28-30,37,40,46H,10-12,21-22,24,26-27H2,1-9H3,(H,47,52);2,6-7H,1,3-5H2;1-2H3;1H. The van der Waals surface area contributed by atoms with Gasteiger partial charge in [-0.2, -0.15) is 0 Å². The topological polar surface area (TPSA) is 179 Å². The van der Waals surface area contributed by atoms with Crippen LogP contribution < -0.4 is 10.7 Å². The van der Waals surface area contributed by atoms with Crippen LogP contribution in [0, 0.1) is 29.1 Å². The average Bonchev–Trinajstić information content (AvgIpc) is 3.98. The molecule has 3 amide bonds. The molecule has 70 heavy (non-hydrogen) atoms. The second-order valence-corrected chi connectivity index (χ2v) is 18.8. The number of carbonyl (C=O) groups excluding carboxylic acids is 5. The number of nitrogens with zero attached hydrogens (tertiary/aromatic N) is 6. The number of rotatable bonds is 19. The van der Waals surface area contributed by atoms with Gasteiger partial charge in [0, 0.05) is 86.8 Å². The Morgan fingerprint density at radius 3 is 2.33 bits per heavy atom. The summed E-state index contributed by atoms with van der Waals surface area (Å²) >= 11 is 0. The summed E-state index contributed by atoms with van der Waals surface area (Å²) in [6, 6.07) is 17.8. The number of amides is 3. The van der Waals surface area contributed by atoms with E-state index in [9.17, 15) is 24.0 Å². The van der Waals surface area contributed by atoms with Gasteiger partial charge in [0.05, 0.1) is 30.1 Å². The van der Waals surface area contributed by atoms with Crippen molar-refractivity contribution in [1.82, 2.24) is 35.1 Å². The van der Waals surface area contributed by atoms with E-state index in [1.807, 2.05) is 71.8 Å². The fraction of sp³-hybridized carbons (Fsp3) is 0.509. The Labute approximate surface area is 416 Å². The van der Waals surface area contributed by atoms with Crippen LogP contribution in [0.2, 0.25) is 0 Å². The number of benzene rings is 2. The number of carbonyl (C=O) groups is 5. The molecule has 15 heteroatoms. The van der Waals surface area contributed by atoms with Crippen molar-refractivity contribution in [1.29, 1.82) is 5.26 Å². The Kier molecular flexibility index (Phi) is 23.6. The minimum absolute atomic E-state index is 0.0406. The van der Waals surface area contributed by atoms with Gasteiger partial charge in [-0.15, -0.1) is 0 Å². The summed E-state index contributed by atoms with van der Waals surface area (Å²) in [5.74, 6) is -0.244. The summed E-state index contributed by atoms with van der Waals surface area (Å²) in [5.41, 5.74) is 11.1. The van der Waals surface area contributed by atoms with Gasteiger partial charge < -0.3 is 29.1 Å². The lowest BCUT2D eigenvalue weighted by atomic mass is 9.84. The van der Waals surface area contributed by atoms with Crippen LogP contribution in [0.25, 0.3) is 33.3 Å². The van der Waals surface area contributed by atoms with Crippen molar-refractivity contribution >= 4 is 41.4 Å². The van der Waals surface area contributed by atoms with E-state index in [4.69, 9.17) is 19.7 Å². The molecule has 2 saturated heterocycles. The molecule has 2 N–H and O–H groups in total. The molecule has 0 radical (unpaired) electrons. The largest absolute Gasteiger partial charge is 0.467 e. The SMILES string of the molecule is C#N.C=CC(=O)N1CCC(C=O)C1.CC.CCn1c(-c2cccnc2C(C)OC)c(CC(C)(C)COC=O)c2cc(-c3cccc(CC(NC(=O)C(C(C)C)N(C)C)C(=O)N4CCCCN4)c3)ccc21. The summed E-state index contributed by atoms with van der Waals surface area (Å²) in [6.45, 7) is 27.4. The van der Waals surface area contributed by atoms with Gasteiger partial charge in [0.15, 0.2) is 0 Å². The molecular formula is C55H78N8O7. The summed E-state index contributed by atoms with van der Waals surface area (Å²) in [5, 5.41) is 12.4. The van der Waals surface area contributed by atoms with E-state index >= 15 is 0 Å². The van der Waals surface area contributed by atoms with Gasteiger partial charge in [-0.3, -0.25) is 34.1 Å². The van der Waals surface area contributed by atoms with E-state index in [-0.39, 0.29) is 53.7 Å². The maximum Gasteiger partial charge on any atom is 0.293 e. The number of nitrogens with one attached hydrogen (secondary N) is 2. The molecule has 15 nitrogen and oxygen atoms in total. The molecule has 0 aliphatic carbocycles. The number of likely N-dealkylation sites (N-methyl/N-ethyl adjacent to an activating group) is 1. The number of hydrogen-bond donors (Lipinski definition) is 2. The number of aldehydes is 1. The predicted octanol–water partition coefficient (Wildman–Crippen LogP) is 7.97. The number of likely N-dealkylation sites (tertiary alicyclic amines) is 1. The normalized spacial score (nSPS) is 15.8. The lowest BCUT2D eigenvalue weighted by Gasteiger charge is -2.33. The maximum absolute atomic E-state index is 14.0. The summed E-state index contributed by atoms with van der Waals surface area (Å²) < 4.78 is 13.4. The number of hydrogen-bond acceptors (Lipinski definition) is 11. The Bertz CT molecular complexity index is 2360. The number of hydrazine groups is 1. The smallest absolute Gasteiger partial charge is 0.293 e. The van der Waals surface area contributed by atoms with Crippen LogP contribution in [0.3, 0.4) is 0 Å². The highest BCUT2D eigenvalue weighted by molar-refractivity contribution is 5.95. The molecule has 6 rings (SSSR count). The first-order valence-corrected chi connectivity index (χ1v) is 24.5. The molecule has 2 fully saturated rings. The second-order valence-electron chi connectivity index (χ2n) is 18.8. The van der Waals surface area contributed by atoms with Gasteiger partial charge in [-0.25, -0.2) is 10.7 Å². The van der Waals surface area contributed by atoms with E-state index in [0.717, 1.165) is 88.7 Å². The van der Waals surface area contributed by atoms with Crippen LogP contribution in [0.15, 0.2) is 73.4 Å². The maximum atomic E-state index is 14.0. The lowest BCUT2D eigenvalue weighted by molar-refractivity contribution is -0.141. The van der Waals surface area contributed by atoms with Crippen LogP contribution in [-0.4, -0.2) is 121 Å². The van der Waals surface area contributed by atoms with Gasteiger partial charge in [-0.1, -0.05) is 78.5 Å². The van der Waals surface area contributed by atoms with Crippen LogP contribution in [0.1, 0.15) is 97.6 Å². The molecule has 4 aromatic rings. The zero-order chi connectivity index (χ0) is 52.1. The fourth-order valence-electron chi connectivity index (χ4n) is 9.26. The van der Waals surface area contributed by atoms with Crippen LogP contribution >= 0.6 is 0 Å². The van der Waals surface area contributed by atoms with Crippen LogP contribution in [-0.2, 0) is 52.8 Å². The average molecular weight is 963 g/mol. The van der Waals surface area contributed by atoms with Crippen molar-refractivity contribution in [3.63, 3.8) is 0 Å². The van der Waals surface area contributed by atoms with Gasteiger partial charge in [0.1, 0.15) is 12.3 Å². The van der Waals surface area contributed by atoms with Gasteiger partial charge in [0.2, 0.25) is 11.8 Å². The van der Waals surface area contributed by atoms with E-state index < -0.39 is 6.04 Å². The quantitative estimate of drug-likeness (QED) is 0.0688. The molecule has 2 aliphatic heterocycles. The minimum Gasteiger partial charge on any atom is -0.467 e. The van der Waals surface area contributed by atoms with Crippen molar-refractivity contribution in [2.75, 3.05) is 54.0 Å². The van der Waals surface area contributed by atoms with Crippen LogP contribution in [0.5, 0.6) is 0 Å². The number of nitriles is 1. The molecule has 4 heterocycles. The number of aromatic nitrogens is 2. The van der Waals surface area contributed by atoms with E-state index in [1.165, 1.54) is 6.08 Å². The Balaban J connectivity index is 0.000000747. The van der Waals surface area contributed by atoms with Crippen molar-refractivity contribution in [2.45, 2.75) is 112 Å².